The summed E-state index contributed by atoms with van der Waals surface area (Å²) >= 11 is 0. The molecule has 0 amide bonds. The van der Waals surface area contributed by atoms with Crippen LogP contribution in [0.1, 0.15) is 27.2 Å². The second kappa shape index (κ2) is 3.04. The number of Topliss-reactive ketones (excluding diaryl/α,β-unsaturated/α-hetero) is 1. The lowest BCUT2D eigenvalue weighted by atomic mass is 10.0. The van der Waals surface area contributed by atoms with Gasteiger partial charge in [0.25, 0.3) is 0 Å². The SMILES string of the molecule is CC1=CCC(=O)C1=CC(C)C. The van der Waals surface area contributed by atoms with E-state index in [1.807, 2.05) is 19.1 Å². The largest absolute Gasteiger partial charge is 0.294 e. The molecule has 0 aromatic rings. The maximum Gasteiger partial charge on any atom is 0.166 e. The van der Waals surface area contributed by atoms with Crippen molar-refractivity contribution in [3.63, 3.8) is 0 Å². The van der Waals surface area contributed by atoms with Crippen molar-refractivity contribution in [1.82, 2.24) is 0 Å². The molecule has 0 saturated heterocycles. The Balaban J connectivity index is 2.86. The summed E-state index contributed by atoms with van der Waals surface area (Å²) in [6, 6.07) is 0. The normalized spacial score (nSPS) is 21.6. The molecular formula is C10H14O. The fraction of sp³-hybridized carbons (Fsp3) is 0.500. The summed E-state index contributed by atoms with van der Waals surface area (Å²) in [4.78, 5) is 11.2. The summed E-state index contributed by atoms with van der Waals surface area (Å²) in [5.74, 6) is 0.742. The van der Waals surface area contributed by atoms with Gasteiger partial charge < -0.3 is 0 Å². The van der Waals surface area contributed by atoms with Crippen molar-refractivity contribution in [1.29, 1.82) is 0 Å². The van der Waals surface area contributed by atoms with Crippen LogP contribution in [0, 0.1) is 5.92 Å². The average molecular weight is 150 g/mol. The monoisotopic (exact) mass is 150 g/mol. The van der Waals surface area contributed by atoms with Crippen molar-refractivity contribution in [3.05, 3.63) is 23.3 Å². The lowest BCUT2D eigenvalue weighted by Gasteiger charge is -2.00. The zero-order valence-electron chi connectivity index (χ0n) is 7.35. The van der Waals surface area contributed by atoms with Crippen LogP contribution in [0.15, 0.2) is 23.3 Å². The molecule has 0 unspecified atom stereocenters. The van der Waals surface area contributed by atoms with Crippen LogP contribution in [-0.2, 0) is 4.79 Å². The van der Waals surface area contributed by atoms with Gasteiger partial charge in [-0.05, 0) is 18.4 Å². The maximum atomic E-state index is 11.2. The second-order valence-corrected chi connectivity index (χ2v) is 3.34. The summed E-state index contributed by atoms with van der Waals surface area (Å²) in [6.07, 6.45) is 4.64. The van der Waals surface area contributed by atoms with Crippen LogP contribution in [0.2, 0.25) is 0 Å². The average Bonchev–Trinajstić information content (AvgIpc) is 2.18. The number of allylic oxidation sites excluding steroid dienone is 4. The third-order valence-corrected chi connectivity index (χ3v) is 1.82. The molecule has 0 radical (unpaired) electrons. The van der Waals surface area contributed by atoms with Crippen molar-refractivity contribution in [3.8, 4) is 0 Å². The Morgan fingerprint density at radius 3 is 2.55 bits per heavy atom. The molecule has 1 heteroatoms. The molecule has 11 heavy (non-hydrogen) atoms. The zero-order valence-corrected chi connectivity index (χ0v) is 7.35. The Hall–Kier alpha value is -0.850. The van der Waals surface area contributed by atoms with Crippen LogP contribution in [0.3, 0.4) is 0 Å². The fourth-order valence-electron chi connectivity index (χ4n) is 1.24. The maximum absolute atomic E-state index is 11.2. The first kappa shape index (κ1) is 8.25. The van der Waals surface area contributed by atoms with Gasteiger partial charge in [-0.2, -0.15) is 0 Å². The minimum absolute atomic E-state index is 0.274. The molecule has 0 N–H and O–H groups in total. The van der Waals surface area contributed by atoms with Gasteiger partial charge in [0.15, 0.2) is 5.78 Å². The van der Waals surface area contributed by atoms with Gasteiger partial charge in [-0.1, -0.05) is 26.0 Å². The summed E-state index contributed by atoms with van der Waals surface area (Å²) in [5, 5.41) is 0. The molecular weight excluding hydrogens is 136 g/mol. The van der Waals surface area contributed by atoms with E-state index >= 15 is 0 Å². The first-order chi connectivity index (χ1) is 5.11. The van der Waals surface area contributed by atoms with E-state index < -0.39 is 0 Å². The van der Waals surface area contributed by atoms with Gasteiger partial charge in [0, 0.05) is 12.0 Å². The van der Waals surface area contributed by atoms with E-state index in [-0.39, 0.29) is 5.78 Å². The van der Waals surface area contributed by atoms with Gasteiger partial charge in [0.05, 0.1) is 0 Å². The molecule has 0 aromatic heterocycles. The fourth-order valence-corrected chi connectivity index (χ4v) is 1.24. The van der Waals surface area contributed by atoms with Crippen molar-refractivity contribution in [2.45, 2.75) is 27.2 Å². The van der Waals surface area contributed by atoms with Gasteiger partial charge >= 0.3 is 0 Å². The van der Waals surface area contributed by atoms with E-state index in [1.54, 1.807) is 0 Å². The molecule has 0 aliphatic heterocycles. The van der Waals surface area contributed by atoms with Crippen LogP contribution in [0.4, 0.5) is 0 Å². The first-order valence-corrected chi connectivity index (χ1v) is 4.03. The molecule has 1 nitrogen and oxygen atoms in total. The van der Waals surface area contributed by atoms with Crippen molar-refractivity contribution in [2.24, 2.45) is 5.92 Å². The van der Waals surface area contributed by atoms with Crippen molar-refractivity contribution >= 4 is 5.78 Å². The summed E-state index contributed by atoms with van der Waals surface area (Å²) in [7, 11) is 0. The van der Waals surface area contributed by atoms with Crippen LogP contribution >= 0.6 is 0 Å². The zero-order chi connectivity index (χ0) is 8.43. The number of hydrogen-bond acceptors (Lipinski definition) is 1. The van der Waals surface area contributed by atoms with E-state index in [0.29, 0.717) is 12.3 Å². The number of carbonyl (C=O) groups excluding carboxylic acids is 1. The van der Waals surface area contributed by atoms with Crippen LogP contribution in [0.25, 0.3) is 0 Å². The van der Waals surface area contributed by atoms with Gasteiger partial charge in [0.2, 0.25) is 0 Å². The molecule has 1 aliphatic carbocycles. The molecule has 0 aromatic carbocycles. The van der Waals surface area contributed by atoms with Gasteiger partial charge in [0.1, 0.15) is 0 Å². The lowest BCUT2D eigenvalue weighted by Crippen LogP contribution is -1.96. The first-order valence-electron chi connectivity index (χ1n) is 4.03. The van der Waals surface area contributed by atoms with Crippen LogP contribution in [0.5, 0.6) is 0 Å². The molecule has 0 heterocycles. The molecule has 1 rings (SSSR count). The van der Waals surface area contributed by atoms with E-state index in [0.717, 1.165) is 11.1 Å². The Labute approximate surface area is 67.8 Å². The highest BCUT2D eigenvalue weighted by Gasteiger charge is 2.16. The Morgan fingerprint density at radius 1 is 1.55 bits per heavy atom. The summed E-state index contributed by atoms with van der Waals surface area (Å²) in [5.41, 5.74) is 2.07. The number of rotatable bonds is 1. The third kappa shape index (κ3) is 1.79. The molecule has 0 fully saturated rings. The summed E-state index contributed by atoms with van der Waals surface area (Å²) < 4.78 is 0. The third-order valence-electron chi connectivity index (χ3n) is 1.82. The van der Waals surface area contributed by atoms with Crippen LogP contribution < -0.4 is 0 Å². The van der Waals surface area contributed by atoms with E-state index in [9.17, 15) is 4.79 Å². The smallest absolute Gasteiger partial charge is 0.166 e. The highest BCUT2D eigenvalue weighted by Crippen LogP contribution is 2.22. The van der Waals surface area contributed by atoms with Crippen molar-refractivity contribution < 1.29 is 4.79 Å². The van der Waals surface area contributed by atoms with E-state index in [4.69, 9.17) is 0 Å². The molecule has 0 atom stereocenters. The topological polar surface area (TPSA) is 17.1 Å². The van der Waals surface area contributed by atoms with Gasteiger partial charge in [-0.15, -0.1) is 0 Å². The molecule has 0 saturated carbocycles. The van der Waals surface area contributed by atoms with E-state index in [2.05, 4.69) is 13.8 Å². The Bertz CT molecular complexity index is 231. The molecule has 0 bridgehead atoms. The number of carbonyl (C=O) groups is 1. The second-order valence-electron chi connectivity index (χ2n) is 3.34. The molecule has 60 valence electrons. The quantitative estimate of drug-likeness (QED) is 0.525. The highest BCUT2D eigenvalue weighted by molar-refractivity contribution is 6.03. The Morgan fingerprint density at radius 2 is 2.18 bits per heavy atom. The standard InChI is InChI=1S/C10H14O/c1-7(2)6-9-8(3)4-5-10(9)11/h4,6-7H,5H2,1-3H3. The van der Waals surface area contributed by atoms with Crippen LogP contribution in [-0.4, -0.2) is 5.78 Å². The number of hydrogen-bond donors (Lipinski definition) is 0. The highest BCUT2D eigenvalue weighted by atomic mass is 16.1. The van der Waals surface area contributed by atoms with Crippen molar-refractivity contribution in [2.75, 3.05) is 0 Å². The lowest BCUT2D eigenvalue weighted by molar-refractivity contribution is -0.114. The van der Waals surface area contributed by atoms with E-state index in [1.165, 1.54) is 0 Å². The van der Waals surface area contributed by atoms with Gasteiger partial charge in [-0.3, -0.25) is 4.79 Å². The predicted molar refractivity (Wildman–Crippen MR) is 46.3 cm³/mol. The Kier molecular flexibility index (Phi) is 2.28. The molecule has 0 spiro atoms. The number of ketones is 1. The minimum Gasteiger partial charge on any atom is -0.294 e. The van der Waals surface area contributed by atoms with Gasteiger partial charge in [-0.25, -0.2) is 0 Å². The summed E-state index contributed by atoms with van der Waals surface area (Å²) in [6.45, 7) is 6.18. The predicted octanol–water partition coefficient (Wildman–Crippen LogP) is 2.49. The minimum atomic E-state index is 0.274. The molecule has 1 aliphatic rings.